The van der Waals surface area contributed by atoms with Gasteiger partial charge in [-0.25, -0.2) is 8.42 Å². The molecule has 0 aromatic heterocycles. The number of allylic oxidation sites excluding steroid dienone is 2. The van der Waals surface area contributed by atoms with Crippen molar-refractivity contribution in [2.45, 2.75) is 20.3 Å². The first-order valence-electron chi connectivity index (χ1n) is 8.93. The minimum Gasteiger partial charge on any atom is -0.331 e. The van der Waals surface area contributed by atoms with Gasteiger partial charge in [-0.05, 0) is 42.3 Å². The number of sulfonamides is 1. The Bertz CT molecular complexity index is 976. The first-order valence-corrected chi connectivity index (χ1v) is 10.5. The van der Waals surface area contributed by atoms with Gasteiger partial charge in [0.05, 0.1) is 11.3 Å². The van der Waals surface area contributed by atoms with Crippen LogP contribution in [0.1, 0.15) is 20.3 Å². The molecule has 2 N–H and O–H groups in total. The predicted molar refractivity (Wildman–Crippen MR) is 108 cm³/mol. The van der Waals surface area contributed by atoms with Gasteiger partial charge in [0.1, 0.15) is 0 Å². The zero-order valence-electron chi connectivity index (χ0n) is 15.7. The number of amidine groups is 1. The van der Waals surface area contributed by atoms with Crippen LogP contribution in [0.3, 0.4) is 0 Å². The lowest BCUT2D eigenvalue weighted by molar-refractivity contribution is -0.117. The summed E-state index contributed by atoms with van der Waals surface area (Å²) in [4.78, 5) is 26.1. The standard InChI is InChI=1S/C19H22N4O4S/c1-13(2)12-17(24)20-14-5-7-15(8-6-14)21-19(25)16-4-3-9-23-10-11-28(26,27)22-18(16)23/h3-9,13H,10-12H2,1-2H3,(H,20,24)(H,21,25). The minimum absolute atomic E-state index is 0.0671. The van der Waals surface area contributed by atoms with Gasteiger partial charge in [0.2, 0.25) is 5.91 Å². The van der Waals surface area contributed by atoms with Crippen molar-refractivity contribution in [3.63, 3.8) is 0 Å². The van der Waals surface area contributed by atoms with Crippen molar-refractivity contribution >= 4 is 39.0 Å². The molecule has 0 unspecified atom stereocenters. The minimum atomic E-state index is -3.57. The number of carbonyl (C=O) groups excluding carboxylic acids is 2. The Hall–Kier alpha value is -2.94. The molecule has 148 valence electrons. The third kappa shape index (κ3) is 4.86. The van der Waals surface area contributed by atoms with Gasteiger partial charge < -0.3 is 15.5 Å². The summed E-state index contributed by atoms with van der Waals surface area (Å²) >= 11 is 0. The van der Waals surface area contributed by atoms with Crippen molar-refractivity contribution in [3.8, 4) is 0 Å². The van der Waals surface area contributed by atoms with E-state index in [4.69, 9.17) is 0 Å². The van der Waals surface area contributed by atoms with Crippen LogP contribution >= 0.6 is 0 Å². The maximum Gasteiger partial charge on any atom is 0.259 e. The summed E-state index contributed by atoms with van der Waals surface area (Å²) in [5, 5.41) is 5.53. The van der Waals surface area contributed by atoms with E-state index in [-0.39, 0.29) is 35.5 Å². The van der Waals surface area contributed by atoms with Crippen molar-refractivity contribution in [1.82, 2.24) is 4.90 Å². The lowest BCUT2D eigenvalue weighted by Gasteiger charge is -2.28. The van der Waals surface area contributed by atoms with E-state index in [1.165, 1.54) is 6.08 Å². The average Bonchev–Trinajstić information content (AvgIpc) is 2.61. The number of benzene rings is 1. The van der Waals surface area contributed by atoms with Gasteiger partial charge in [-0.2, -0.15) is 0 Å². The van der Waals surface area contributed by atoms with Crippen molar-refractivity contribution in [2.75, 3.05) is 22.9 Å². The number of anilines is 2. The van der Waals surface area contributed by atoms with Crippen LogP contribution in [0.4, 0.5) is 11.4 Å². The number of carbonyl (C=O) groups is 2. The summed E-state index contributed by atoms with van der Waals surface area (Å²) in [7, 11) is -3.57. The van der Waals surface area contributed by atoms with Crippen LogP contribution < -0.4 is 10.6 Å². The average molecular weight is 402 g/mol. The molecule has 2 aliphatic heterocycles. The third-order valence-corrected chi connectivity index (χ3v) is 5.27. The van der Waals surface area contributed by atoms with Crippen LogP contribution in [-0.4, -0.2) is 43.3 Å². The second-order valence-electron chi connectivity index (χ2n) is 6.99. The van der Waals surface area contributed by atoms with Crippen molar-refractivity contribution in [2.24, 2.45) is 10.3 Å². The summed E-state index contributed by atoms with van der Waals surface area (Å²) in [5.41, 5.74) is 1.34. The summed E-state index contributed by atoms with van der Waals surface area (Å²) in [6.07, 6.45) is 5.34. The van der Waals surface area contributed by atoms with E-state index in [0.717, 1.165) is 0 Å². The molecule has 2 heterocycles. The number of hydrogen-bond acceptors (Lipinski definition) is 5. The predicted octanol–water partition coefficient (Wildman–Crippen LogP) is 2.11. The molecule has 28 heavy (non-hydrogen) atoms. The molecule has 2 amide bonds. The van der Waals surface area contributed by atoms with Gasteiger partial charge in [-0.15, -0.1) is 4.40 Å². The fourth-order valence-corrected chi connectivity index (χ4v) is 3.80. The quantitative estimate of drug-likeness (QED) is 0.784. The molecule has 0 saturated carbocycles. The number of nitrogens with one attached hydrogen (secondary N) is 2. The molecule has 0 aliphatic carbocycles. The first-order chi connectivity index (χ1) is 13.2. The monoisotopic (exact) mass is 402 g/mol. The highest BCUT2D eigenvalue weighted by molar-refractivity contribution is 7.90. The van der Waals surface area contributed by atoms with Crippen LogP contribution in [0, 0.1) is 5.92 Å². The lowest BCUT2D eigenvalue weighted by atomic mass is 10.1. The van der Waals surface area contributed by atoms with Gasteiger partial charge in [0.15, 0.2) is 5.84 Å². The van der Waals surface area contributed by atoms with E-state index >= 15 is 0 Å². The Morgan fingerprint density at radius 3 is 2.43 bits per heavy atom. The smallest absolute Gasteiger partial charge is 0.259 e. The van der Waals surface area contributed by atoms with Gasteiger partial charge in [-0.3, -0.25) is 9.59 Å². The fourth-order valence-electron chi connectivity index (χ4n) is 2.81. The van der Waals surface area contributed by atoms with E-state index in [0.29, 0.717) is 17.8 Å². The number of hydrogen-bond donors (Lipinski definition) is 2. The maximum absolute atomic E-state index is 12.6. The normalized spacial score (nSPS) is 17.5. The molecule has 0 spiro atoms. The Labute approximate surface area is 164 Å². The summed E-state index contributed by atoms with van der Waals surface area (Å²) in [6.45, 7) is 4.19. The molecule has 0 radical (unpaired) electrons. The molecule has 0 fully saturated rings. The largest absolute Gasteiger partial charge is 0.331 e. The number of fused-ring (bicyclic) bond motifs is 1. The molecule has 8 nitrogen and oxygen atoms in total. The highest BCUT2D eigenvalue weighted by Gasteiger charge is 2.29. The molecule has 9 heteroatoms. The first kappa shape index (κ1) is 19.8. The summed E-state index contributed by atoms with van der Waals surface area (Å²) in [6, 6.07) is 6.72. The number of nitrogens with zero attached hydrogens (tertiary/aromatic N) is 2. The number of amides is 2. The molecule has 1 aromatic carbocycles. The number of rotatable bonds is 5. The Morgan fingerprint density at radius 2 is 1.79 bits per heavy atom. The SMILES string of the molecule is CC(C)CC(=O)Nc1ccc(NC(=O)C2=CC=CN3CCS(=O)(=O)N=C23)cc1. The van der Waals surface area contributed by atoms with Crippen LogP contribution in [0.25, 0.3) is 0 Å². The Morgan fingerprint density at radius 1 is 1.14 bits per heavy atom. The summed E-state index contributed by atoms with van der Waals surface area (Å²) in [5.74, 6) is -0.213. The van der Waals surface area contributed by atoms with Gasteiger partial charge >= 0.3 is 0 Å². The van der Waals surface area contributed by atoms with E-state index in [1.807, 2.05) is 13.8 Å². The molecule has 1 aromatic rings. The van der Waals surface area contributed by atoms with Crippen molar-refractivity contribution in [3.05, 3.63) is 48.2 Å². The van der Waals surface area contributed by atoms with Crippen molar-refractivity contribution in [1.29, 1.82) is 0 Å². The zero-order valence-corrected chi connectivity index (χ0v) is 16.5. The van der Waals surface area contributed by atoms with Gasteiger partial charge in [0.25, 0.3) is 15.9 Å². The summed E-state index contributed by atoms with van der Waals surface area (Å²) < 4.78 is 27.3. The van der Waals surface area contributed by atoms with E-state index < -0.39 is 15.9 Å². The highest BCUT2D eigenvalue weighted by atomic mass is 32.2. The van der Waals surface area contributed by atoms with Crippen LogP contribution in [0.5, 0.6) is 0 Å². The highest BCUT2D eigenvalue weighted by Crippen LogP contribution is 2.20. The van der Waals surface area contributed by atoms with E-state index in [1.54, 1.807) is 41.4 Å². The van der Waals surface area contributed by atoms with Gasteiger partial charge in [-0.1, -0.05) is 13.8 Å². The molecule has 0 bridgehead atoms. The molecule has 3 rings (SSSR count). The topological polar surface area (TPSA) is 108 Å². The van der Waals surface area contributed by atoms with E-state index in [9.17, 15) is 18.0 Å². The van der Waals surface area contributed by atoms with Crippen molar-refractivity contribution < 1.29 is 18.0 Å². The molecule has 2 aliphatic rings. The molecule has 0 atom stereocenters. The molecular weight excluding hydrogens is 380 g/mol. The van der Waals surface area contributed by atoms with E-state index in [2.05, 4.69) is 15.0 Å². The third-order valence-electron chi connectivity index (χ3n) is 4.12. The zero-order chi connectivity index (χ0) is 20.3. The van der Waals surface area contributed by atoms with Crippen LogP contribution in [-0.2, 0) is 19.6 Å². The second kappa shape index (κ2) is 7.97. The Balaban J connectivity index is 1.69. The van der Waals surface area contributed by atoms with Gasteiger partial charge in [0, 0.05) is 30.5 Å². The lowest BCUT2D eigenvalue weighted by Crippen LogP contribution is -2.40. The van der Waals surface area contributed by atoms with Crippen LogP contribution in [0.15, 0.2) is 52.6 Å². The maximum atomic E-state index is 12.6. The Kier molecular flexibility index (Phi) is 5.64. The van der Waals surface area contributed by atoms with Crippen LogP contribution in [0.2, 0.25) is 0 Å². The fraction of sp³-hybridized carbons (Fsp3) is 0.316. The second-order valence-corrected chi connectivity index (χ2v) is 8.75. The molecular formula is C19H22N4O4S. The molecule has 0 saturated heterocycles.